The molecule has 0 spiro atoms. The van der Waals surface area contributed by atoms with E-state index in [9.17, 15) is 0 Å². The Morgan fingerprint density at radius 2 is 1.79 bits per heavy atom. The molecule has 2 fully saturated rings. The minimum Gasteiger partial charge on any atom is -0.351 e. The molecule has 1 saturated heterocycles. The first-order valence-corrected chi connectivity index (χ1v) is 10.7. The average Bonchev–Trinajstić information content (AvgIpc) is 3.43. The summed E-state index contributed by atoms with van der Waals surface area (Å²) in [5.74, 6) is 0. The van der Waals surface area contributed by atoms with Crippen LogP contribution in [0.25, 0.3) is 0 Å². The lowest BCUT2D eigenvalue weighted by molar-refractivity contribution is 0.562. The summed E-state index contributed by atoms with van der Waals surface area (Å²) in [7, 11) is 0. The third-order valence-corrected chi connectivity index (χ3v) is 6.48. The molecule has 2 aliphatic rings. The van der Waals surface area contributed by atoms with E-state index in [2.05, 4.69) is 76.9 Å². The van der Waals surface area contributed by atoms with Gasteiger partial charge in [0.05, 0.1) is 17.8 Å². The third kappa shape index (κ3) is 3.14. The van der Waals surface area contributed by atoms with Gasteiger partial charge >= 0.3 is 0 Å². The number of hydrogen-bond donors (Lipinski definition) is 1. The molecular formula is C24H26N4S. The minimum atomic E-state index is 0.0122. The Kier molecular flexibility index (Phi) is 4.43. The molecule has 1 N–H and O–H groups in total. The van der Waals surface area contributed by atoms with Crippen molar-refractivity contribution < 1.29 is 0 Å². The summed E-state index contributed by atoms with van der Waals surface area (Å²) in [6.07, 6.45) is 4.42. The molecule has 5 heteroatoms. The van der Waals surface area contributed by atoms with Gasteiger partial charge in [-0.2, -0.15) is 0 Å². The molecule has 2 aromatic heterocycles. The zero-order chi connectivity index (χ0) is 20.1. The second-order valence-corrected chi connectivity index (χ2v) is 8.65. The number of aryl methyl sites for hydroxylation is 2. The lowest BCUT2D eigenvalue weighted by Crippen LogP contribution is -2.29. The van der Waals surface area contributed by atoms with Crippen molar-refractivity contribution in [1.29, 1.82) is 0 Å². The number of nitrogens with one attached hydrogen (secondary N) is 1. The molecule has 1 aliphatic carbocycles. The highest BCUT2D eigenvalue weighted by molar-refractivity contribution is 7.80. The Morgan fingerprint density at radius 1 is 1.03 bits per heavy atom. The minimum absolute atomic E-state index is 0.0122. The van der Waals surface area contributed by atoms with Crippen LogP contribution >= 0.6 is 12.2 Å². The molecule has 0 radical (unpaired) electrons. The highest BCUT2D eigenvalue weighted by atomic mass is 32.1. The second-order valence-electron chi connectivity index (χ2n) is 8.26. The Balaban J connectivity index is 1.66. The maximum absolute atomic E-state index is 5.84. The fourth-order valence-corrected chi connectivity index (χ4v) is 5.00. The van der Waals surface area contributed by atoms with Crippen LogP contribution in [0.2, 0.25) is 0 Å². The smallest absolute Gasteiger partial charge is 0.174 e. The van der Waals surface area contributed by atoms with Crippen molar-refractivity contribution in [3.8, 4) is 0 Å². The molecule has 0 bridgehead atoms. The highest BCUT2D eigenvalue weighted by Gasteiger charge is 2.42. The Morgan fingerprint density at radius 3 is 2.45 bits per heavy atom. The first-order chi connectivity index (χ1) is 14.0. The van der Waals surface area contributed by atoms with Gasteiger partial charge in [-0.05, 0) is 81.7 Å². The van der Waals surface area contributed by atoms with Crippen molar-refractivity contribution in [1.82, 2.24) is 14.9 Å². The molecule has 1 saturated carbocycles. The van der Waals surface area contributed by atoms with E-state index in [1.54, 1.807) is 0 Å². The molecule has 0 unspecified atom stereocenters. The lowest BCUT2D eigenvalue weighted by Gasteiger charge is -2.28. The van der Waals surface area contributed by atoms with Gasteiger partial charge in [0.25, 0.3) is 0 Å². The third-order valence-electron chi connectivity index (χ3n) is 6.16. The summed E-state index contributed by atoms with van der Waals surface area (Å²) in [6.45, 7) is 6.59. The van der Waals surface area contributed by atoms with Crippen LogP contribution < -0.4 is 10.2 Å². The molecule has 0 amide bonds. The summed E-state index contributed by atoms with van der Waals surface area (Å²) in [5, 5.41) is 4.32. The van der Waals surface area contributed by atoms with Gasteiger partial charge in [-0.1, -0.05) is 23.8 Å². The summed E-state index contributed by atoms with van der Waals surface area (Å²) >= 11 is 5.84. The number of hydrogen-bond acceptors (Lipinski definition) is 2. The van der Waals surface area contributed by atoms with Crippen molar-refractivity contribution in [3.63, 3.8) is 0 Å². The Labute approximate surface area is 177 Å². The van der Waals surface area contributed by atoms with E-state index in [1.165, 1.54) is 35.4 Å². The topological polar surface area (TPSA) is 33.1 Å². The maximum atomic E-state index is 5.84. The van der Waals surface area contributed by atoms with Crippen molar-refractivity contribution in [3.05, 3.63) is 82.9 Å². The van der Waals surface area contributed by atoms with Gasteiger partial charge < -0.3 is 14.8 Å². The number of anilines is 1. The standard InChI is InChI=1S/C24H26N4S/c1-15-7-9-19(10-8-15)28-23(20-14-16(2)27(17(20)3)18-11-12-18)22(26-24(28)29)21-6-4-5-13-25-21/h4-10,13-14,18,22-23H,11-12H2,1-3H3,(H,26,29)/t22-,23+/m1/s1. The molecule has 2 atom stereocenters. The zero-order valence-electron chi connectivity index (χ0n) is 17.1. The number of rotatable bonds is 4. The number of thiocarbonyl (C=S) groups is 1. The molecule has 1 aromatic carbocycles. The predicted molar refractivity (Wildman–Crippen MR) is 121 cm³/mol. The van der Waals surface area contributed by atoms with E-state index >= 15 is 0 Å². The fraction of sp³-hybridized carbons (Fsp3) is 0.333. The largest absolute Gasteiger partial charge is 0.351 e. The van der Waals surface area contributed by atoms with Crippen LogP contribution in [-0.2, 0) is 0 Å². The first kappa shape index (κ1) is 18.4. The van der Waals surface area contributed by atoms with E-state index in [-0.39, 0.29) is 12.1 Å². The molecule has 29 heavy (non-hydrogen) atoms. The molecule has 3 heterocycles. The van der Waals surface area contributed by atoms with Crippen LogP contribution in [0.5, 0.6) is 0 Å². The van der Waals surface area contributed by atoms with Gasteiger partial charge in [0.15, 0.2) is 5.11 Å². The van der Waals surface area contributed by atoms with Gasteiger partial charge in [0.1, 0.15) is 0 Å². The summed E-state index contributed by atoms with van der Waals surface area (Å²) in [4.78, 5) is 6.93. The average molecular weight is 403 g/mol. The summed E-state index contributed by atoms with van der Waals surface area (Å²) in [6, 6.07) is 17.8. The van der Waals surface area contributed by atoms with Crippen LogP contribution in [-0.4, -0.2) is 14.7 Å². The van der Waals surface area contributed by atoms with Gasteiger partial charge in [0.2, 0.25) is 0 Å². The normalized spacial score (nSPS) is 21.5. The summed E-state index contributed by atoms with van der Waals surface area (Å²) < 4.78 is 2.51. The van der Waals surface area contributed by atoms with Crippen LogP contribution in [0.4, 0.5) is 5.69 Å². The number of benzene rings is 1. The van der Waals surface area contributed by atoms with Crippen molar-refractivity contribution >= 4 is 23.0 Å². The zero-order valence-corrected chi connectivity index (χ0v) is 17.9. The van der Waals surface area contributed by atoms with Crippen LogP contribution in [0, 0.1) is 20.8 Å². The van der Waals surface area contributed by atoms with Crippen LogP contribution in [0.3, 0.4) is 0 Å². The maximum Gasteiger partial charge on any atom is 0.174 e. The molecule has 4 nitrogen and oxygen atoms in total. The Bertz CT molecular complexity index is 1050. The van der Waals surface area contributed by atoms with E-state index in [1.807, 2.05) is 18.3 Å². The van der Waals surface area contributed by atoms with E-state index in [4.69, 9.17) is 12.2 Å². The van der Waals surface area contributed by atoms with Crippen LogP contribution in [0.15, 0.2) is 54.7 Å². The second kappa shape index (κ2) is 6.99. The van der Waals surface area contributed by atoms with Gasteiger partial charge in [-0.15, -0.1) is 0 Å². The first-order valence-electron chi connectivity index (χ1n) is 10.3. The SMILES string of the molecule is Cc1ccc(N2C(=S)N[C@H](c3ccccn3)[C@@H]2c2cc(C)n(C3CC3)c2C)cc1. The molecule has 5 rings (SSSR count). The van der Waals surface area contributed by atoms with Crippen molar-refractivity contribution in [2.45, 2.75) is 51.7 Å². The van der Waals surface area contributed by atoms with E-state index in [0.717, 1.165) is 16.5 Å². The summed E-state index contributed by atoms with van der Waals surface area (Å²) in [5.41, 5.74) is 7.40. The van der Waals surface area contributed by atoms with Crippen molar-refractivity contribution in [2.24, 2.45) is 0 Å². The fourth-order valence-electron chi connectivity index (χ4n) is 4.65. The number of nitrogens with zero attached hydrogens (tertiary/aromatic N) is 3. The molecule has 1 aliphatic heterocycles. The van der Waals surface area contributed by atoms with E-state index < -0.39 is 0 Å². The lowest BCUT2D eigenvalue weighted by atomic mass is 9.96. The van der Waals surface area contributed by atoms with Gasteiger partial charge in [-0.25, -0.2) is 0 Å². The Hall–Kier alpha value is -2.66. The molecule has 3 aromatic rings. The van der Waals surface area contributed by atoms with E-state index in [0.29, 0.717) is 6.04 Å². The van der Waals surface area contributed by atoms with Crippen molar-refractivity contribution in [2.75, 3.05) is 4.90 Å². The molecule has 148 valence electrons. The van der Waals surface area contributed by atoms with Gasteiger partial charge in [0, 0.05) is 29.3 Å². The molecular weight excluding hydrogens is 376 g/mol. The predicted octanol–water partition coefficient (Wildman–Crippen LogP) is 5.32. The number of aromatic nitrogens is 2. The van der Waals surface area contributed by atoms with Gasteiger partial charge in [-0.3, -0.25) is 4.98 Å². The monoisotopic (exact) mass is 402 g/mol. The highest BCUT2D eigenvalue weighted by Crippen LogP contribution is 2.46. The van der Waals surface area contributed by atoms with Crippen LogP contribution in [0.1, 0.15) is 59.2 Å². The number of pyridine rings is 1. The quantitative estimate of drug-likeness (QED) is 0.599.